The molecule has 42 heavy (non-hydrogen) atoms. The van der Waals surface area contributed by atoms with Crippen LogP contribution in [-0.2, 0) is 25.3 Å². The van der Waals surface area contributed by atoms with Crippen LogP contribution in [0.25, 0.3) is 0 Å². The van der Waals surface area contributed by atoms with Gasteiger partial charge in [-0.25, -0.2) is 4.79 Å². The van der Waals surface area contributed by atoms with Gasteiger partial charge in [0.2, 0.25) is 0 Å². The van der Waals surface area contributed by atoms with Gasteiger partial charge in [-0.05, 0) is 73.7 Å². The number of ether oxygens (including phenoxy) is 1. The standard InChI is InChI=1S/C33H46BN3O5/c1-31(2,3)19-23(20-35)29(38)37-15-11-10-14-25(37)21-40-30(39)36-28(16-22-12-8-7-9-13-22)34-41-27-18-24-17-26(32(24,4)5)33(27,6)42-34/h7-9,12-13,19,24-28H,10-11,14-18,21H2,1-6H3,(H,36,39)/t24-,25-,26-,27+,28-,33-/m0/s1. The molecule has 2 heterocycles. The van der Waals surface area contributed by atoms with Gasteiger partial charge in [0.15, 0.2) is 0 Å². The summed E-state index contributed by atoms with van der Waals surface area (Å²) < 4.78 is 19.0. The zero-order valence-electron chi connectivity index (χ0n) is 26.0. The van der Waals surface area contributed by atoms with E-state index in [0.717, 1.165) is 31.2 Å². The Kier molecular flexibility index (Phi) is 8.53. The Bertz CT molecular complexity index is 1240. The topological polar surface area (TPSA) is 101 Å². The van der Waals surface area contributed by atoms with Crippen molar-refractivity contribution in [2.24, 2.45) is 22.7 Å². The molecular weight excluding hydrogens is 529 g/mol. The average Bonchev–Trinajstić information content (AvgIpc) is 3.31. The smallest absolute Gasteiger partial charge is 0.447 e. The Morgan fingerprint density at radius 2 is 1.95 bits per heavy atom. The third kappa shape index (κ3) is 6.12. The summed E-state index contributed by atoms with van der Waals surface area (Å²) in [6.07, 6.45) is 6.34. The summed E-state index contributed by atoms with van der Waals surface area (Å²) in [6, 6.07) is 11.8. The predicted molar refractivity (Wildman–Crippen MR) is 161 cm³/mol. The number of likely N-dealkylation sites (tertiary alicyclic amines) is 1. The highest BCUT2D eigenvalue weighted by Crippen LogP contribution is 2.65. The van der Waals surface area contributed by atoms with E-state index in [1.54, 1.807) is 11.0 Å². The van der Waals surface area contributed by atoms with Crippen LogP contribution in [0.15, 0.2) is 42.0 Å². The number of carbonyl (C=O) groups is 2. The average molecular weight is 576 g/mol. The molecule has 2 amide bonds. The highest BCUT2D eigenvalue weighted by atomic mass is 16.7. The number of rotatable bonds is 7. The van der Waals surface area contributed by atoms with Crippen molar-refractivity contribution in [3.63, 3.8) is 0 Å². The molecule has 2 aliphatic heterocycles. The van der Waals surface area contributed by atoms with Gasteiger partial charge in [0.25, 0.3) is 5.91 Å². The molecule has 0 radical (unpaired) electrons. The molecule has 2 saturated heterocycles. The minimum atomic E-state index is -0.587. The number of hydrogen-bond acceptors (Lipinski definition) is 6. The Balaban J connectivity index is 1.26. The number of nitrogens with one attached hydrogen (secondary N) is 1. The van der Waals surface area contributed by atoms with E-state index in [2.05, 4.69) is 32.2 Å². The van der Waals surface area contributed by atoms with Gasteiger partial charge in [-0.1, -0.05) is 71.0 Å². The first-order chi connectivity index (χ1) is 19.8. The van der Waals surface area contributed by atoms with Gasteiger partial charge >= 0.3 is 13.2 Å². The minimum absolute atomic E-state index is 0.00709. The third-order valence-electron chi connectivity index (χ3n) is 10.1. The van der Waals surface area contributed by atoms with Gasteiger partial charge in [0, 0.05) is 6.54 Å². The van der Waals surface area contributed by atoms with Gasteiger partial charge in [0.05, 0.1) is 23.7 Å². The normalized spacial score (nSPS) is 30.9. The lowest BCUT2D eigenvalue weighted by atomic mass is 9.43. The first-order valence-corrected chi connectivity index (χ1v) is 15.6. The molecule has 1 aromatic carbocycles. The van der Waals surface area contributed by atoms with E-state index in [-0.39, 0.29) is 46.7 Å². The number of amides is 2. The molecule has 5 fully saturated rings. The van der Waals surface area contributed by atoms with E-state index in [4.69, 9.17) is 14.0 Å². The summed E-state index contributed by atoms with van der Waals surface area (Å²) in [5.74, 6) is 0.317. The summed E-state index contributed by atoms with van der Waals surface area (Å²) in [5, 5.41) is 12.7. The van der Waals surface area contributed by atoms with Crippen molar-refractivity contribution in [3.05, 3.63) is 47.5 Å². The lowest BCUT2D eigenvalue weighted by Crippen LogP contribution is -2.65. The molecule has 2 bridgehead atoms. The summed E-state index contributed by atoms with van der Waals surface area (Å²) >= 11 is 0. The van der Waals surface area contributed by atoms with Crippen LogP contribution in [0.3, 0.4) is 0 Å². The maximum absolute atomic E-state index is 13.3. The summed E-state index contributed by atoms with van der Waals surface area (Å²) in [6.45, 7) is 13.3. The predicted octanol–water partition coefficient (Wildman–Crippen LogP) is 5.47. The lowest BCUT2D eigenvalue weighted by molar-refractivity contribution is -0.199. The molecule has 5 aliphatic rings. The molecule has 226 valence electrons. The van der Waals surface area contributed by atoms with Crippen LogP contribution < -0.4 is 5.32 Å². The van der Waals surface area contributed by atoms with Crippen LogP contribution in [-0.4, -0.2) is 60.9 Å². The molecule has 3 saturated carbocycles. The zero-order valence-corrected chi connectivity index (χ0v) is 26.0. The fourth-order valence-electron chi connectivity index (χ4n) is 7.69. The minimum Gasteiger partial charge on any atom is -0.447 e. The molecule has 0 unspecified atom stereocenters. The Morgan fingerprint density at radius 3 is 2.62 bits per heavy atom. The Morgan fingerprint density at radius 1 is 1.21 bits per heavy atom. The van der Waals surface area contributed by atoms with Crippen LogP contribution in [0, 0.1) is 34.0 Å². The molecular formula is C33H46BN3O5. The molecule has 6 rings (SSSR count). The van der Waals surface area contributed by atoms with E-state index in [9.17, 15) is 14.9 Å². The van der Waals surface area contributed by atoms with Crippen LogP contribution >= 0.6 is 0 Å². The second-order valence-corrected chi connectivity index (χ2v) is 14.6. The van der Waals surface area contributed by atoms with Gasteiger partial charge in [0.1, 0.15) is 18.2 Å². The quantitative estimate of drug-likeness (QED) is 0.263. The van der Waals surface area contributed by atoms with Crippen molar-refractivity contribution in [2.45, 2.75) is 104 Å². The zero-order chi connectivity index (χ0) is 30.3. The van der Waals surface area contributed by atoms with Gasteiger partial charge < -0.3 is 24.3 Å². The second-order valence-electron chi connectivity index (χ2n) is 14.6. The summed E-state index contributed by atoms with van der Waals surface area (Å²) in [7, 11) is -0.587. The fourth-order valence-corrected chi connectivity index (χ4v) is 7.69. The van der Waals surface area contributed by atoms with Crippen LogP contribution in [0.4, 0.5) is 4.79 Å². The van der Waals surface area contributed by atoms with Crippen molar-refractivity contribution in [3.8, 4) is 6.07 Å². The number of carbonyl (C=O) groups excluding carboxylic acids is 2. The number of benzene rings is 1. The number of nitrogens with zero attached hydrogens (tertiary/aromatic N) is 2. The molecule has 9 heteroatoms. The Labute approximate surface area is 251 Å². The number of allylic oxidation sites excluding steroid dienone is 1. The number of alkyl carbamates (subject to hydrolysis) is 1. The molecule has 1 N–H and O–H groups in total. The first-order valence-electron chi connectivity index (χ1n) is 15.6. The molecule has 0 spiro atoms. The number of hydrogen-bond donors (Lipinski definition) is 1. The highest BCUT2D eigenvalue weighted by molar-refractivity contribution is 6.47. The van der Waals surface area contributed by atoms with Crippen molar-refractivity contribution in [1.29, 1.82) is 5.26 Å². The largest absolute Gasteiger partial charge is 0.482 e. The van der Waals surface area contributed by atoms with E-state index in [1.807, 2.05) is 51.1 Å². The maximum atomic E-state index is 13.3. The third-order valence-corrected chi connectivity index (χ3v) is 10.1. The number of nitriles is 1. The monoisotopic (exact) mass is 575 g/mol. The molecule has 6 atom stereocenters. The molecule has 1 aromatic rings. The van der Waals surface area contributed by atoms with Crippen molar-refractivity contribution < 1.29 is 23.6 Å². The Hall–Kier alpha value is -2.83. The SMILES string of the molecule is CC(C)(C)C=C(C#N)C(=O)N1CCCC[C@H]1COC(=O)N[C@@H](Cc1ccccc1)B1O[C@@H]2C[C@@H]3C[C@@H](C3(C)C)[C@]2(C)O1. The fraction of sp³-hybridized carbons (Fsp3) is 0.667. The first kappa shape index (κ1) is 30.6. The van der Waals surface area contributed by atoms with Crippen molar-refractivity contribution in [2.75, 3.05) is 13.2 Å². The summed E-state index contributed by atoms with van der Waals surface area (Å²) in [4.78, 5) is 28.2. The molecule has 8 nitrogen and oxygen atoms in total. The maximum Gasteiger partial charge on any atom is 0.482 e. The van der Waals surface area contributed by atoms with Crippen molar-refractivity contribution >= 4 is 19.1 Å². The van der Waals surface area contributed by atoms with E-state index in [1.165, 1.54) is 0 Å². The molecule has 0 aromatic heterocycles. The van der Waals surface area contributed by atoms with E-state index >= 15 is 0 Å². The van der Waals surface area contributed by atoms with Gasteiger partial charge in [-0.15, -0.1) is 0 Å². The summed E-state index contributed by atoms with van der Waals surface area (Å²) in [5.41, 5.74) is 0.741. The highest BCUT2D eigenvalue weighted by Gasteiger charge is 2.68. The van der Waals surface area contributed by atoms with E-state index < -0.39 is 19.2 Å². The van der Waals surface area contributed by atoms with Crippen LogP contribution in [0.1, 0.15) is 79.2 Å². The second kappa shape index (κ2) is 11.7. The lowest BCUT2D eigenvalue weighted by Gasteiger charge is -2.64. The number of piperidine rings is 1. The van der Waals surface area contributed by atoms with Gasteiger partial charge in [-0.2, -0.15) is 5.26 Å². The van der Waals surface area contributed by atoms with Gasteiger partial charge in [-0.3, -0.25) is 4.79 Å². The van der Waals surface area contributed by atoms with Crippen LogP contribution in [0.2, 0.25) is 0 Å². The molecule has 3 aliphatic carbocycles. The van der Waals surface area contributed by atoms with Crippen LogP contribution in [0.5, 0.6) is 0 Å². The van der Waals surface area contributed by atoms with Crippen molar-refractivity contribution in [1.82, 2.24) is 10.2 Å². The van der Waals surface area contributed by atoms with E-state index in [0.29, 0.717) is 31.2 Å².